The van der Waals surface area contributed by atoms with Crippen molar-refractivity contribution in [2.75, 3.05) is 19.6 Å². The van der Waals surface area contributed by atoms with E-state index in [0.29, 0.717) is 10.6 Å². The first-order chi connectivity index (χ1) is 8.70. The van der Waals surface area contributed by atoms with Crippen LogP contribution in [0.25, 0.3) is 0 Å². The smallest absolute Gasteiger partial charge is 0.189 e. The number of rotatable bonds is 4. The molecule has 2 rings (SSSR count). The van der Waals surface area contributed by atoms with E-state index in [-0.39, 0.29) is 5.78 Å². The highest BCUT2D eigenvalue weighted by Crippen LogP contribution is 2.13. The van der Waals surface area contributed by atoms with E-state index in [4.69, 9.17) is 11.6 Å². The highest BCUT2D eigenvalue weighted by molar-refractivity contribution is 6.30. The molecular weight excluding hydrogens is 248 g/mol. The predicted molar refractivity (Wildman–Crippen MR) is 73.6 cm³/mol. The highest BCUT2D eigenvalue weighted by Gasteiger charge is 2.16. The molecule has 0 atom stereocenters. The zero-order chi connectivity index (χ0) is 13.0. The number of benzene rings is 1. The van der Waals surface area contributed by atoms with Crippen LogP contribution < -0.4 is 5.32 Å². The van der Waals surface area contributed by atoms with Gasteiger partial charge in [-0.15, -0.1) is 6.58 Å². The molecule has 18 heavy (non-hydrogen) atoms. The molecule has 1 heterocycles. The highest BCUT2D eigenvalue weighted by atomic mass is 35.5. The molecule has 0 aromatic heterocycles. The first-order valence-electron chi connectivity index (χ1n) is 5.82. The molecule has 94 valence electrons. The van der Waals surface area contributed by atoms with Gasteiger partial charge in [-0.05, 0) is 24.3 Å². The van der Waals surface area contributed by atoms with Gasteiger partial charge in [0.05, 0.1) is 0 Å². The minimum atomic E-state index is -0.0230. The summed E-state index contributed by atoms with van der Waals surface area (Å²) >= 11 is 5.79. The number of nitrogens with one attached hydrogen (secondary N) is 1. The Balaban J connectivity index is 2.14. The molecule has 0 radical (unpaired) electrons. The second kappa shape index (κ2) is 5.74. The van der Waals surface area contributed by atoms with Gasteiger partial charge < -0.3 is 10.2 Å². The fourth-order valence-corrected chi connectivity index (χ4v) is 1.99. The Bertz CT molecular complexity index is 479. The van der Waals surface area contributed by atoms with Crippen LogP contribution in [0.2, 0.25) is 5.02 Å². The van der Waals surface area contributed by atoms with Gasteiger partial charge in [0.25, 0.3) is 0 Å². The normalized spacial score (nSPS) is 16.7. The van der Waals surface area contributed by atoms with Crippen LogP contribution in [0.4, 0.5) is 0 Å². The van der Waals surface area contributed by atoms with E-state index in [1.807, 2.05) is 6.08 Å². The Morgan fingerprint density at radius 2 is 2.17 bits per heavy atom. The lowest BCUT2D eigenvalue weighted by atomic mass is 10.1. The second-order valence-corrected chi connectivity index (χ2v) is 4.50. The van der Waals surface area contributed by atoms with Crippen LogP contribution in [-0.4, -0.2) is 30.3 Å². The van der Waals surface area contributed by atoms with Crippen molar-refractivity contribution < 1.29 is 4.79 Å². The molecule has 1 N–H and O–H groups in total. The van der Waals surface area contributed by atoms with Crippen molar-refractivity contribution in [2.24, 2.45) is 0 Å². The topological polar surface area (TPSA) is 32.3 Å². The molecule has 0 saturated carbocycles. The van der Waals surface area contributed by atoms with E-state index in [9.17, 15) is 4.79 Å². The first-order valence-corrected chi connectivity index (χ1v) is 6.20. The van der Waals surface area contributed by atoms with Crippen LogP contribution in [0.5, 0.6) is 0 Å². The lowest BCUT2D eigenvalue weighted by Crippen LogP contribution is -2.21. The van der Waals surface area contributed by atoms with Crippen LogP contribution in [0, 0.1) is 0 Å². The van der Waals surface area contributed by atoms with Gasteiger partial charge in [0.15, 0.2) is 5.78 Å². The number of allylic oxidation sites excluding steroid dienone is 1. The lowest BCUT2D eigenvalue weighted by Gasteiger charge is -2.15. The lowest BCUT2D eigenvalue weighted by molar-refractivity contribution is 0.104. The summed E-state index contributed by atoms with van der Waals surface area (Å²) in [5.41, 5.74) is 0.638. The number of nitrogens with zero attached hydrogens (tertiary/aromatic N) is 1. The van der Waals surface area contributed by atoms with Gasteiger partial charge in [-0.1, -0.05) is 17.7 Å². The summed E-state index contributed by atoms with van der Waals surface area (Å²) in [6.07, 6.45) is 3.45. The standard InChI is InChI=1S/C14H15ClN2O/c1-2-8-17-9-7-16-14(17)10-13(18)11-3-5-12(15)6-4-11/h2-6,10,16H,1,7-9H2/b14-10-. The van der Waals surface area contributed by atoms with Crippen LogP contribution in [0.1, 0.15) is 10.4 Å². The maximum Gasteiger partial charge on any atom is 0.189 e. The van der Waals surface area contributed by atoms with E-state index >= 15 is 0 Å². The monoisotopic (exact) mass is 262 g/mol. The molecule has 0 unspecified atom stereocenters. The minimum absolute atomic E-state index is 0.0230. The molecule has 1 aliphatic heterocycles. The molecule has 1 fully saturated rings. The number of hydrogen-bond donors (Lipinski definition) is 1. The third-order valence-corrected chi connectivity index (χ3v) is 3.03. The van der Waals surface area contributed by atoms with Crippen LogP contribution in [-0.2, 0) is 0 Å². The number of carbonyl (C=O) groups excluding carboxylic acids is 1. The van der Waals surface area contributed by atoms with Gasteiger partial charge in [-0.25, -0.2) is 0 Å². The van der Waals surface area contributed by atoms with Crippen LogP contribution >= 0.6 is 11.6 Å². The number of halogens is 1. The molecule has 3 nitrogen and oxygen atoms in total. The van der Waals surface area contributed by atoms with Crippen molar-refractivity contribution in [3.63, 3.8) is 0 Å². The quantitative estimate of drug-likeness (QED) is 0.514. The Kier molecular flexibility index (Phi) is 4.05. The third kappa shape index (κ3) is 2.93. The molecule has 1 aliphatic rings. The maximum absolute atomic E-state index is 12.0. The molecule has 1 aromatic carbocycles. The van der Waals surface area contributed by atoms with Crippen LogP contribution in [0.15, 0.2) is 48.8 Å². The molecule has 1 saturated heterocycles. The maximum atomic E-state index is 12.0. The second-order valence-electron chi connectivity index (χ2n) is 4.06. The Morgan fingerprint density at radius 3 is 2.83 bits per heavy atom. The summed E-state index contributed by atoms with van der Waals surface area (Å²) in [7, 11) is 0. The van der Waals surface area contributed by atoms with E-state index in [1.165, 1.54) is 0 Å². The van der Waals surface area contributed by atoms with Crippen molar-refractivity contribution in [1.82, 2.24) is 10.2 Å². The average molecular weight is 263 g/mol. The Morgan fingerprint density at radius 1 is 1.44 bits per heavy atom. The van der Waals surface area contributed by atoms with Crippen LogP contribution in [0.3, 0.4) is 0 Å². The largest absolute Gasteiger partial charge is 0.370 e. The molecule has 4 heteroatoms. The van der Waals surface area contributed by atoms with Crippen molar-refractivity contribution in [3.8, 4) is 0 Å². The van der Waals surface area contributed by atoms with E-state index in [2.05, 4.69) is 16.8 Å². The first kappa shape index (κ1) is 12.7. The summed E-state index contributed by atoms with van der Waals surface area (Å²) in [4.78, 5) is 14.1. The fraction of sp³-hybridized carbons (Fsp3) is 0.214. The molecular formula is C14H15ClN2O. The molecule has 1 aromatic rings. The Labute approximate surface area is 112 Å². The third-order valence-electron chi connectivity index (χ3n) is 2.77. The van der Waals surface area contributed by atoms with E-state index < -0.39 is 0 Å². The van der Waals surface area contributed by atoms with Gasteiger partial charge in [0.1, 0.15) is 5.82 Å². The number of hydrogen-bond acceptors (Lipinski definition) is 3. The fourth-order valence-electron chi connectivity index (χ4n) is 1.86. The average Bonchev–Trinajstić information content (AvgIpc) is 2.78. The minimum Gasteiger partial charge on any atom is -0.370 e. The summed E-state index contributed by atoms with van der Waals surface area (Å²) < 4.78 is 0. The SMILES string of the molecule is C=CCN1CCN/C1=C/C(=O)c1ccc(Cl)cc1. The Hall–Kier alpha value is -1.74. The van der Waals surface area contributed by atoms with Crippen molar-refractivity contribution in [1.29, 1.82) is 0 Å². The molecule has 0 spiro atoms. The summed E-state index contributed by atoms with van der Waals surface area (Å²) in [5.74, 6) is 0.833. The summed E-state index contributed by atoms with van der Waals surface area (Å²) in [6.45, 7) is 6.20. The van der Waals surface area contributed by atoms with Gasteiger partial charge in [-0.2, -0.15) is 0 Å². The predicted octanol–water partition coefficient (Wildman–Crippen LogP) is 2.46. The van der Waals surface area contributed by atoms with Crippen molar-refractivity contribution in [3.05, 3.63) is 59.4 Å². The van der Waals surface area contributed by atoms with Crippen molar-refractivity contribution in [2.45, 2.75) is 0 Å². The van der Waals surface area contributed by atoms with Gasteiger partial charge >= 0.3 is 0 Å². The molecule has 0 bridgehead atoms. The molecule has 0 aliphatic carbocycles. The number of carbonyl (C=O) groups is 1. The van der Waals surface area contributed by atoms with Crippen molar-refractivity contribution >= 4 is 17.4 Å². The van der Waals surface area contributed by atoms with Gasteiger partial charge in [0.2, 0.25) is 0 Å². The number of ketones is 1. The summed E-state index contributed by atoms with van der Waals surface area (Å²) in [6, 6.07) is 6.90. The van der Waals surface area contributed by atoms with Gasteiger partial charge in [0, 0.05) is 36.3 Å². The van der Waals surface area contributed by atoms with E-state index in [0.717, 1.165) is 25.5 Å². The zero-order valence-electron chi connectivity index (χ0n) is 10.0. The zero-order valence-corrected chi connectivity index (χ0v) is 10.8. The van der Waals surface area contributed by atoms with Gasteiger partial charge in [-0.3, -0.25) is 4.79 Å². The van der Waals surface area contributed by atoms with E-state index in [1.54, 1.807) is 30.3 Å². The summed E-state index contributed by atoms with van der Waals surface area (Å²) in [5, 5.41) is 3.83. The molecule has 0 amide bonds.